The van der Waals surface area contributed by atoms with Crippen molar-refractivity contribution in [1.29, 1.82) is 0 Å². The van der Waals surface area contributed by atoms with Crippen molar-refractivity contribution in [3.05, 3.63) is 11.7 Å². The minimum atomic E-state index is 0.176. The molecule has 1 saturated heterocycles. The van der Waals surface area contributed by atoms with E-state index < -0.39 is 0 Å². The molecule has 1 fully saturated rings. The Kier molecular flexibility index (Phi) is 3.49. The second-order valence-corrected chi connectivity index (χ2v) is 5.83. The number of nitrogens with zero attached hydrogens (tertiary/aromatic N) is 2. The molecule has 0 amide bonds. The molecule has 2 heterocycles. The summed E-state index contributed by atoms with van der Waals surface area (Å²) >= 11 is 0. The van der Waals surface area contributed by atoms with Gasteiger partial charge in [0, 0.05) is 12.5 Å². The molecule has 1 N–H and O–H groups in total. The van der Waals surface area contributed by atoms with Crippen LogP contribution in [0.4, 0.5) is 0 Å². The molecule has 1 aliphatic rings. The fourth-order valence-corrected chi connectivity index (χ4v) is 2.05. The number of hydrogen-bond donors (Lipinski definition) is 1. The number of ether oxygens (including phenoxy) is 1. The van der Waals surface area contributed by atoms with Gasteiger partial charge in [0.2, 0.25) is 5.89 Å². The van der Waals surface area contributed by atoms with Crippen LogP contribution in [0.1, 0.15) is 38.4 Å². The molecule has 0 spiro atoms. The van der Waals surface area contributed by atoms with Crippen molar-refractivity contribution in [2.24, 2.45) is 5.41 Å². The largest absolute Gasteiger partial charge is 0.379 e. The minimum absolute atomic E-state index is 0.176. The second-order valence-electron chi connectivity index (χ2n) is 5.83. The van der Waals surface area contributed by atoms with Crippen LogP contribution >= 0.6 is 0 Å². The molecule has 1 aromatic rings. The van der Waals surface area contributed by atoms with E-state index in [0.29, 0.717) is 19.1 Å². The van der Waals surface area contributed by atoms with Crippen LogP contribution in [0.5, 0.6) is 0 Å². The Labute approximate surface area is 102 Å². The molecule has 0 aromatic carbocycles. The van der Waals surface area contributed by atoms with Crippen molar-refractivity contribution in [3.63, 3.8) is 0 Å². The molecule has 5 heteroatoms. The van der Waals surface area contributed by atoms with Gasteiger partial charge in [-0.15, -0.1) is 0 Å². The molecule has 1 aliphatic heterocycles. The molecule has 2 rings (SSSR count). The highest BCUT2D eigenvalue weighted by Gasteiger charge is 2.33. The van der Waals surface area contributed by atoms with Crippen LogP contribution in [-0.2, 0) is 11.2 Å². The van der Waals surface area contributed by atoms with Crippen LogP contribution in [-0.4, -0.2) is 36.4 Å². The molecule has 0 saturated carbocycles. The van der Waals surface area contributed by atoms with Gasteiger partial charge in [-0.1, -0.05) is 25.9 Å². The topological polar surface area (TPSA) is 60.2 Å². The van der Waals surface area contributed by atoms with E-state index in [1.165, 1.54) is 0 Å². The first-order valence-electron chi connectivity index (χ1n) is 6.07. The lowest BCUT2D eigenvalue weighted by atomic mass is 9.92. The van der Waals surface area contributed by atoms with Gasteiger partial charge in [-0.25, -0.2) is 0 Å². The summed E-state index contributed by atoms with van der Waals surface area (Å²) in [6, 6.07) is 0.276. The molecule has 0 bridgehead atoms. The predicted molar refractivity (Wildman–Crippen MR) is 63.9 cm³/mol. The third kappa shape index (κ3) is 3.04. The highest BCUT2D eigenvalue weighted by molar-refractivity contribution is 5.02. The van der Waals surface area contributed by atoms with Crippen molar-refractivity contribution in [1.82, 2.24) is 15.5 Å². The van der Waals surface area contributed by atoms with Gasteiger partial charge < -0.3 is 14.6 Å². The summed E-state index contributed by atoms with van der Waals surface area (Å²) in [5, 5.41) is 7.26. The average molecular weight is 239 g/mol. The summed E-state index contributed by atoms with van der Waals surface area (Å²) in [6.07, 6.45) is 0.828. The quantitative estimate of drug-likeness (QED) is 0.863. The van der Waals surface area contributed by atoms with Crippen molar-refractivity contribution >= 4 is 0 Å². The zero-order chi connectivity index (χ0) is 12.5. The smallest absolute Gasteiger partial charge is 0.233 e. The van der Waals surface area contributed by atoms with Crippen molar-refractivity contribution in [2.75, 3.05) is 20.3 Å². The predicted octanol–water partition coefficient (Wildman–Crippen LogP) is 1.36. The molecule has 2 atom stereocenters. The Balaban J connectivity index is 2.07. The molecule has 0 aliphatic carbocycles. The van der Waals surface area contributed by atoms with Crippen LogP contribution in [0.3, 0.4) is 0 Å². The molecule has 0 radical (unpaired) electrons. The summed E-state index contributed by atoms with van der Waals surface area (Å²) in [6.45, 7) is 7.86. The van der Waals surface area contributed by atoms with Gasteiger partial charge >= 0.3 is 0 Å². The number of nitrogens with one attached hydrogen (secondary N) is 1. The van der Waals surface area contributed by atoms with Crippen molar-refractivity contribution < 1.29 is 9.26 Å². The number of aromatic nitrogens is 2. The van der Waals surface area contributed by atoms with E-state index in [1.54, 1.807) is 0 Å². The van der Waals surface area contributed by atoms with E-state index in [4.69, 9.17) is 9.26 Å². The van der Waals surface area contributed by atoms with E-state index in [-0.39, 0.29) is 17.4 Å². The summed E-state index contributed by atoms with van der Waals surface area (Å²) in [7, 11) is 1.93. The van der Waals surface area contributed by atoms with Crippen LogP contribution in [0.15, 0.2) is 4.52 Å². The Morgan fingerprint density at radius 3 is 2.76 bits per heavy atom. The van der Waals surface area contributed by atoms with Gasteiger partial charge in [0.1, 0.15) is 0 Å². The number of hydrogen-bond acceptors (Lipinski definition) is 5. The Morgan fingerprint density at radius 2 is 2.12 bits per heavy atom. The monoisotopic (exact) mass is 239 g/mol. The Bertz CT molecular complexity index is 370. The van der Waals surface area contributed by atoms with Gasteiger partial charge in [0.25, 0.3) is 0 Å². The van der Waals surface area contributed by atoms with Gasteiger partial charge in [0.15, 0.2) is 5.82 Å². The lowest BCUT2D eigenvalue weighted by Gasteiger charge is -2.14. The maximum absolute atomic E-state index is 5.43. The first-order valence-corrected chi connectivity index (χ1v) is 6.07. The van der Waals surface area contributed by atoms with E-state index in [0.717, 1.165) is 12.2 Å². The van der Waals surface area contributed by atoms with Crippen LogP contribution in [0.25, 0.3) is 0 Å². The molecule has 2 unspecified atom stereocenters. The fourth-order valence-electron chi connectivity index (χ4n) is 2.05. The summed E-state index contributed by atoms with van der Waals surface area (Å²) < 4.78 is 10.8. The normalized spacial score (nSPS) is 25.4. The highest BCUT2D eigenvalue weighted by Crippen LogP contribution is 2.25. The van der Waals surface area contributed by atoms with E-state index in [2.05, 4.69) is 36.2 Å². The van der Waals surface area contributed by atoms with Crippen molar-refractivity contribution in [2.45, 2.75) is 39.2 Å². The van der Waals surface area contributed by atoms with Crippen molar-refractivity contribution in [3.8, 4) is 0 Å². The van der Waals surface area contributed by atoms with E-state index in [9.17, 15) is 0 Å². The highest BCUT2D eigenvalue weighted by atomic mass is 16.5. The molecule has 1 aromatic heterocycles. The van der Waals surface area contributed by atoms with Crippen LogP contribution in [0.2, 0.25) is 0 Å². The summed E-state index contributed by atoms with van der Waals surface area (Å²) in [5.74, 6) is 1.66. The molecular formula is C12H21N3O2. The van der Waals surface area contributed by atoms with Gasteiger partial charge in [0.05, 0.1) is 19.1 Å². The van der Waals surface area contributed by atoms with E-state index in [1.807, 2.05) is 7.05 Å². The lowest BCUT2D eigenvalue weighted by molar-refractivity contribution is 0.185. The standard InChI is InChI=1S/C12H21N3O2/c1-12(2,3)5-10-14-11(17-15-10)8-6-16-7-9(8)13-4/h8-9,13H,5-7H2,1-4H3. The molecule has 96 valence electrons. The fraction of sp³-hybridized carbons (Fsp3) is 0.833. The lowest BCUT2D eigenvalue weighted by Crippen LogP contribution is -2.31. The first kappa shape index (κ1) is 12.5. The second kappa shape index (κ2) is 4.74. The number of likely N-dealkylation sites (N-methyl/N-ethyl adjacent to an activating group) is 1. The van der Waals surface area contributed by atoms with E-state index >= 15 is 0 Å². The van der Waals surface area contributed by atoms with Crippen LogP contribution in [0, 0.1) is 5.41 Å². The maximum atomic E-state index is 5.43. The maximum Gasteiger partial charge on any atom is 0.233 e. The summed E-state index contributed by atoms with van der Waals surface area (Å²) in [5.41, 5.74) is 0.176. The SMILES string of the molecule is CNC1COCC1c1nc(CC(C)(C)C)no1. The molecule has 17 heavy (non-hydrogen) atoms. The zero-order valence-corrected chi connectivity index (χ0v) is 11.0. The molecular weight excluding hydrogens is 218 g/mol. The van der Waals surface area contributed by atoms with Gasteiger partial charge in [-0.2, -0.15) is 4.98 Å². The van der Waals surface area contributed by atoms with Gasteiger partial charge in [-0.3, -0.25) is 0 Å². The van der Waals surface area contributed by atoms with Gasteiger partial charge in [-0.05, 0) is 12.5 Å². The third-order valence-corrected chi connectivity index (χ3v) is 2.94. The Morgan fingerprint density at radius 1 is 1.35 bits per heavy atom. The summed E-state index contributed by atoms with van der Waals surface area (Å²) in [4.78, 5) is 4.48. The average Bonchev–Trinajstić information content (AvgIpc) is 2.81. The third-order valence-electron chi connectivity index (χ3n) is 2.94. The molecule has 5 nitrogen and oxygen atoms in total. The first-order chi connectivity index (χ1) is 7.99. The number of rotatable bonds is 3. The van der Waals surface area contributed by atoms with Crippen LogP contribution < -0.4 is 5.32 Å². The Hall–Kier alpha value is -0.940. The zero-order valence-electron chi connectivity index (χ0n) is 11.0. The minimum Gasteiger partial charge on any atom is -0.379 e.